The number of hydrogen-bond donors (Lipinski definition) is 1. The summed E-state index contributed by atoms with van der Waals surface area (Å²) in [7, 11) is 1.77. The normalized spacial score (nSPS) is 18.3. The molecule has 1 unspecified atom stereocenters. The Morgan fingerprint density at radius 3 is 3.00 bits per heavy atom. The SMILES string of the molecule is COCCCCCNC1CCc2cc(Br)ccc2C1. The predicted octanol–water partition coefficient (Wildman–Crippen LogP) is 3.71. The zero-order valence-electron chi connectivity index (χ0n) is 11.8. The molecule has 0 amide bonds. The minimum Gasteiger partial charge on any atom is -0.385 e. The maximum absolute atomic E-state index is 5.06. The van der Waals surface area contributed by atoms with E-state index in [2.05, 4.69) is 39.4 Å². The van der Waals surface area contributed by atoms with E-state index in [1.54, 1.807) is 7.11 Å². The highest BCUT2D eigenvalue weighted by molar-refractivity contribution is 9.10. The number of benzene rings is 1. The van der Waals surface area contributed by atoms with Gasteiger partial charge in [0.15, 0.2) is 0 Å². The van der Waals surface area contributed by atoms with Crippen molar-refractivity contribution in [1.82, 2.24) is 5.32 Å². The maximum Gasteiger partial charge on any atom is 0.0462 e. The zero-order chi connectivity index (χ0) is 13.5. The molecule has 1 atom stereocenters. The fourth-order valence-corrected chi connectivity index (χ4v) is 3.16. The molecule has 2 rings (SSSR count). The lowest BCUT2D eigenvalue weighted by Crippen LogP contribution is -2.35. The van der Waals surface area contributed by atoms with Gasteiger partial charge in [0.1, 0.15) is 0 Å². The summed E-state index contributed by atoms with van der Waals surface area (Å²) in [6.45, 7) is 2.03. The number of fused-ring (bicyclic) bond motifs is 1. The van der Waals surface area contributed by atoms with Crippen LogP contribution in [0.3, 0.4) is 0 Å². The summed E-state index contributed by atoms with van der Waals surface area (Å²) in [5, 5.41) is 3.70. The number of nitrogens with one attached hydrogen (secondary N) is 1. The van der Waals surface area contributed by atoms with Gasteiger partial charge in [-0.15, -0.1) is 0 Å². The second kappa shape index (κ2) is 8.03. The van der Waals surface area contributed by atoms with E-state index in [1.165, 1.54) is 54.1 Å². The standard InChI is InChI=1S/C16H24BrNO/c1-19-10-4-2-3-9-18-16-8-6-13-11-15(17)7-5-14(13)12-16/h5,7,11,16,18H,2-4,6,8-10,12H2,1H3. The molecule has 0 aromatic heterocycles. The molecule has 1 aromatic carbocycles. The Hall–Kier alpha value is -0.380. The summed E-state index contributed by atoms with van der Waals surface area (Å²) < 4.78 is 6.27. The third kappa shape index (κ3) is 4.90. The van der Waals surface area contributed by atoms with E-state index < -0.39 is 0 Å². The van der Waals surface area contributed by atoms with Gasteiger partial charge in [0.2, 0.25) is 0 Å². The fraction of sp³-hybridized carbons (Fsp3) is 0.625. The molecular weight excluding hydrogens is 302 g/mol. The summed E-state index contributed by atoms with van der Waals surface area (Å²) in [6.07, 6.45) is 7.35. The first-order valence-corrected chi connectivity index (χ1v) is 8.08. The average Bonchev–Trinajstić information content (AvgIpc) is 2.43. The lowest BCUT2D eigenvalue weighted by Gasteiger charge is -2.25. The minimum atomic E-state index is 0.663. The van der Waals surface area contributed by atoms with Crippen LogP contribution in [-0.2, 0) is 17.6 Å². The van der Waals surface area contributed by atoms with Crippen LogP contribution in [0.15, 0.2) is 22.7 Å². The molecule has 1 N–H and O–H groups in total. The summed E-state index contributed by atoms with van der Waals surface area (Å²) in [4.78, 5) is 0. The second-order valence-corrected chi connectivity index (χ2v) is 6.28. The Bertz CT molecular complexity index is 394. The van der Waals surface area contributed by atoms with Gasteiger partial charge in [-0.25, -0.2) is 0 Å². The number of methoxy groups -OCH3 is 1. The van der Waals surface area contributed by atoms with Crippen molar-refractivity contribution in [3.8, 4) is 0 Å². The lowest BCUT2D eigenvalue weighted by molar-refractivity contribution is 0.192. The summed E-state index contributed by atoms with van der Waals surface area (Å²) >= 11 is 3.55. The van der Waals surface area contributed by atoms with Gasteiger partial charge in [0, 0.05) is 24.2 Å². The van der Waals surface area contributed by atoms with Gasteiger partial charge in [0.05, 0.1) is 0 Å². The predicted molar refractivity (Wildman–Crippen MR) is 83.7 cm³/mol. The third-order valence-corrected chi connectivity index (χ3v) is 4.35. The van der Waals surface area contributed by atoms with Crippen LogP contribution in [0, 0.1) is 0 Å². The summed E-state index contributed by atoms with van der Waals surface area (Å²) in [5.74, 6) is 0. The van der Waals surface area contributed by atoms with E-state index >= 15 is 0 Å². The van der Waals surface area contributed by atoms with Crippen LogP contribution in [-0.4, -0.2) is 26.3 Å². The van der Waals surface area contributed by atoms with E-state index in [0.717, 1.165) is 13.2 Å². The first kappa shape index (κ1) is 15.0. The van der Waals surface area contributed by atoms with Crippen molar-refractivity contribution < 1.29 is 4.74 Å². The van der Waals surface area contributed by atoms with Crippen molar-refractivity contribution in [3.05, 3.63) is 33.8 Å². The molecule has 1 aliphatic rings. The van der Waals surface area contributed by atoms with E-state index in [1.807, 2.05) is 0 Å². The smallest absolute Gasteiger partial charge is 0.0462 e. The van der Waals surface area contributed by atoms with Crippen molar-refractivity contribution in [2.24, 2.45) is 0 Å². The molecule has 0 saturated carbocycles. The largest absolute Gasteiger partial charge is 0.385 e. The molecule has 2 nitrogen and oxygen atoms in total. The number of halogens is 1. The first-order valence-electron chi connectivity index (χ1n) is 7.29. The van der Waals surface area contributed by atoms with Crippen LogP contribution >= 0.6 is 15.9 Å². The van der Waals surface area contributed by atoms with Crippen molar-refractivity contribution in [3.63, 3.8) is 0 Å². The van der Waals surface area contributed by atoms with Crippen molar-refractivity contribution in [2.75, 3.05) is 20.3 Å². The quantitative estimate of drug-likeness (QED) is 0.771. The van der Waals surface area contributed by atoms with Crippen LogP contribution in [0.1, 0.15) is 36.8 Å². The summed E-state index contributed by atoms with van der Waals surface area (Å²) in [6, 6.07) is 7.37. The van der Waals surface area contributed by atoms with E-state index in [9.17, 15) is 0 Å². The Morgan fingerprint density at radius 1 is 1.26 bits per heavy atom. The number of unbranched alkanes of at least 4 members (excludes halogenated alkanes) is 2. The average molecular weight is 326 g/mol. The molecule has 0 saturated heterocycles. The van der Waals surface area contributed by atoms with Crippen LogP contribution in [0.2, 0.25) is 0 Å². The number of ether oxygens (including phenoxy) is 1. The number of hydrogen-bond acceptors (Lipinski definition) is 2. The molecule has 0 heterocycles. The van der Waals surface area contributed by atoms with Crippen LogP contribution in [0.5, 0.6) is 0 Å². The molecule has 0 radical (unpaired) electrons. The highest BCUT2D eigenvalue weighted by Crippen LogP contribution is 2.24. The third-order valence-electron chi connectivity index (χ3n) is 3.86. The molecule has 1 aromatic rings. The topological polar surface area (TPSA) is 21.3 Å². The van der Waals surface area contributed by atoms with Crippen LogP contribution in [0.4, 0.5) is 0 Å². The first-order chi connectivity index (χ1) is 9.29. The molecule has 0 bridgehead atoms. The molecule has 3 heteroatoms. The highest BCUT2D eigenvalue weighted by Gasteiger charge is 2.17. The van der Waals surface area contributed by atoms with Crippen molar-refractivity contribution in [1.29, 1.82) is 0 Å². The molecule has 0 aliphatic heterocycles. The number of rotatable bonds is 7. The van der Waals surface area contributed by atoms with Crippen LogP contribution < -0.4 is 5.32 Å². The Kier molecular flexibility index (Phi) is 6.35. The monoisotopic (exact) mass is 325 g/mol. The van der Waals surface area contributed by atoms with Crippen molar-refractivity contribution in [2.45, 2.75) is 44.6 Å². The molecule has 0 spiro atoms. The lowest BCUT2D eigenvalue weighted by atomic mass is 9.88. The Labute approximate surface area is 125 Å². The van der Waals surface area contributed by atoms with Gasteiger partial charge in [-0.05, 0) is 68.3 Å². The zero-order valence-corrected chi connectivity index (χ0v) is 13.3. The molecule has 1 aliphatic carbocycles. The van der Waals surface area contributed by atoms with Gasteiger partial charge < -0.3 is 10.1 Å². The summed E-state index contributed by atoms with van der Waals surface area (Å²) in [5.41, 5.74) is 3.04. The molecular formula is C16H24BrNO. The van der Waals surface area contributed by atoms with Gasteiger partial charge in [-0.2, -0.15) is 0 Å². The second-order valence-electron chi connectivity index (χ2n) is 5.36. The number of aryl methyl sites for hydroxylation is 1. The van der Waals surface area contributed by atoms with Gasteiger partial charge in [0.25, 0.3) is 0 Å². The van der Waals surface area contributed by atoms with E-state index in [-0.39, 0.29) is 0 Å². The van der Waals surface area contributed by atoms with E-state index in [0.29, 0.717) is 6.04 Å². The van der Waals surface area contributed by atoms with Gasteiger partial charge in [-0.1, -0.05) is 22.0 Å². The maximum atomic E-state index is 5.06. The van der Waals surface area contributed by atoms with Gasteiger partial charge >= 0.3 is 0 Å². The Balaban J connectivity index is 1.69. The minimum absolute atomic E-state index is 0.663. The van der Waals surface area contributed by atoms with Crippen LogP contribution in [0.25, 0.3) is 0 Å². The van der Waals surface area contributed by atoms with E-state index in [4.69, 9.17) is 4.74 Å². The van der Waals surface area contributed by atoms with Crippen molar-refractivity contribution >= 4 is 15.9 Å². The fourth-order valence-electron chi connectivity index (χ4n) is 2.75. The molecule has 19 heavy (non-hydrogen) atoms. The molecule has 0 fully saturated rings. The molecule has 106 valence electrons. The van der Waals surface area contributed by atoms with Gasteiger partial charge in [-0.3, -0.25) is 0 Å². The Morgan fingerprint density at radius 2 is 2.16 bits per heavy atom. The highest BCUT2D eigenvalue weighted by atomic mass is 79.9.